The summed E-state index contributed by atoms with van der Waals surface area (Å²) in [5, 5.41) is 7.59. The summed E-state index contributed by atoms with van der Waals surface area (Å²) >= 11 is 0. The Morgan fingerprint density at radius 2 is 1.86 bits per heavy atom. The monoisotopic (exact) mass is 188 g/mol. The zero-order valence-corrected chi connectivity index (χ0v) is 8.81. The topological polar surface area (TPSA) is 23.9 Å². The summed E-state index contributed by atoms with van der Waals surface area (Å²) in [6.07, 6.45) is 11.9. The molecular weight excluding hydrogens is 165 g/mol. The van der Waals surface area contributed by atoms with Gasteiger partial charge in [-0.2, -0.15) is 0 Å². The third kappa shape index (κ3) is 12.0. The quantitative estimate of drug-likeness (QED) is 0.342. The van der Waals surface area contributed by atoms with Crippen LogP contribution < -0.4 is 0 Å². The molecule has 0 aliphatic rings. The van der Waals surface area contributed by atoms with Crippen molar-refractivity contribution in [3.8, 4) is 0 Å². The molecule has 0 aromatic carbocycles. The molecule has 14 heavy (non-hydrogen) atoms. The van der Waals surface area contributed by atoms with Gasteiger partial charge in [0, 0.05) is 12.1 Å². The van der Waals surface area contributed by atoms with Gasteiger partial charge >= 0.3 is 18.9 Å². The van der Waals surface area contributed by atoms with Crippen LogP contribution in [-0.2, 0) is 0 Å². The number of nitrogens with one attached hydrogen (secondary N) is 1. The van der Waals surface area contributed by atoms with Crippen LogP contribution in [0.5, 0.6) is 0 Å². The Morgan fingerprint density at radius 1 is 1.21 bits per heavy atom. The van der Waals surface area contributed by atoms with Gasteiger partial charge in [0.1, 0.15) is 0 Å². The third-order valence-electron chi connectivity index (χ3n) is 2.11. The maximum atomic E-state index is 7.59. The van der Waals surface area contributed by atoms with Gasteiger partial charge in [-0.1, -0.05) is 44.8 Å². The first-order valence-corrected chi connectivity index (χ1v) is 5.31. The van der Waals surface area contributed by atoms with Crippen LogP contribution in [0.2, 0.25) is 0 Å². The Bertz CT molecular complexity index is 152. The molecule has 0 saturated carbocycles. The van der Waals surface area contributed by atoms with Crippen molar-refractivity contribution < 1.29 is 0 Å². The second-order valence-electron chi connectivity index (χ2n) is 3.44. The Hall–Kier alpha value is 0.00740. The maximum absolute atomic E-state index is 7.59. The molecule has 77 valence electrons. The van der Waals surface area contributed by atoms with Crippen LogP contribution in [0.1, 0.15) is 51.9 Å². The van der Waals surface area contributed by atoms with Gasteiger partial charge < -0.3 is 5.41 Å². The predicted octanol–water partition coefficient (Wildman–Crippen LogP) is 3.50. The van der Waals surface area contributed by atoms with E-state index in [2.05, 4.69) is 13.8 Å². The molecule has 0 atom stereocenters. The first-order chi connectivity index (χ1) is 6.31. The number of allylic oxidation sites excluding steroid dienone is 2. The number of hydrogen-bond acceptors (Lipinski definition) is 1. The molecule has 1 nitrogen and oxygen atoms in total. The van der Waals surface area contributed by atoms with Gasteiger partial charge in [0.25, 0.3) is 0 Å². The fourth-order valence-corrected chi connectivity index (χ4v) is 1.27. The third-order valence-corrected chi connectivity index (χ3v) is 2.11. The molecule has 0 saturated heterocycles. The van der Waals surface area contributed by atoms with Crippen LogP contribution in [0, 0.1) is 12.3 Å². The molecule has 0 unspecified atom stereocenters. The summed E-state index contributed by atoms with van der Waals surface area (Å²) in [5.74, 6) is 0. The molecule has 2 heteroatoms. The minimum atomic E-state index is 0. The molecule has 0 aliphatic carbocycles. The number of unbranched alkanes of at least 4 members (excludes halogenated alkanes) is 4. The Morgan fingerprint density at radius 3 is 2.43 bits per heavy atom. The van der Waals surface area contributed by atoms with E-state index < -0.39 is 0 Å². The SMILES string of the molecule is [CH2]C=CCC(=N)CCCCCCC.[LiH]. The normalized spacial score (nSPS) is 10.1. The Balaban J connectivity index is 0. The summed E-state index contributed by atoms with van der Waals surface area (Å²) in [6, 6.07) is 0. The molecule has 0 aliphatic heterocycles. The number of rotatable bonds is 8. The molecule has 0 aromatic rings. The van der Waals surface area contributed by atoms with E-state index in [-0.39, 0.29) is 18.9 Å². The fourth-order valence-electron chi connectivity index (χ4n) is 1.27. The molecule has 0 spiro atoms. The van der Waals surface area contributed by atoms with Crippen molar-refractivity contribution in [3.05, 3.63) is 19.1 Å². The van der Waals surface area contributed by atoms with Crippen LogP contribution in [0.4, 0.5) is 0 Å². The van der Waals surface area contributed by atoms with Crippen molar-refractivity contribution in [1.82, 2.24) is 0 Å². The van der Waals surface area contributed by atoms with Gasteiger partial charge in [0.05, 0.1) is 0 Å². The summed E-state index contributed by atoms with van der Waals surface area (Å²) in [7, 11) is 0. The average Bonchev–Trinajstić information content (AvgIpc) is 2.14. The summed E-state index contributed by atoms with van der Waals surface area (Å²) < 4.78 is 0. The minimum absolute atomic E-state index is 0. The Kier molecular flexibility index (Phi) is 15.3. The standard InChI is InChI=1S/C12H22N.Li.H/c1-3-5-7-8-9-11-12(13)10-6-4-2;;/h4,6,13H,2-3,5,7-11H2,1H3;;. The van der Waals surface area contributed by atoms with Crippen LogP contribution in [0.25, 0.3) is 0 Å². The van der Waals surface area contributed by atoms with Crippen molar-refractivity contribution in [2.75, 3.05) is 0 Å². The Labute approximate surface area is 101 Å². The first-order valence-electron chi connectivity index (χ1n) is 5.31. The molecular formula is C12H23LiN. The molecule has 0 heterocycles. The van der Waals surface area contributed by atoms with Crippen molar-refractivity contribution in [3.63, 3.8) is 0 Å². The van der Waals surface area contributed by atoms with Crippen molar-refractivity contribution in [2.24, 2.45) is 0 Å². The second-order valence-corrected chi connectivity index (χ2v) is 3.44. The molecule has 0 bridgehead atoms. The molecule has 0 amide bonds. The first kappa shape index (κ1) is 16.4. The summed E-state index contributed by atoms with van der Waals surface area (Å²) in [5.41, 5.74) is 0.844. The van der Waals surface area contributed by atoms with Gasteiger partial charge in [-0.3, -0.25) is 0 Å². The van der Waals surface area contributed by atoms with Crippen LogP contribution in [-0.4, -0.2) is 24.6 Å². The van der Waals surface area contributed by atoms with Crippen molar-refractivity contribution in [1.29, 1.82) is 5.41 Å². The molecule has 0 rings (SSSR count). The zero-order chi connectivity index (χ0) is 9.94. The number of hydrogen-bond donors (Lipinski definition) is 1. The van der Waals surface area contributed by atoms with Crippen LogP contribution in [0.3, 0.4) is 0 Å². The van der Waals surface area contributed by atoms with Gasteiger partial charge in [0.15, 0.2) is 0 Å². The zero-order valence-electron chi connectivity index (χ0n) is 8.81. The summed E-state index contributed by atoms with van der Waals surface area (Å²) in [6.45, 7) is 5.82. The van der Waals surface area contributed by atoms with E-state index in [9.17, 15) is 0 Å². The van der Waals surface area contributed by atoms with E-state index in [1.165, 1.54) is 32.1 Å². The summed E-state index contributed by atoms with van der Waals surface area (Å²) in [4.78, 5) is 0. The second kappa shape index (κ2) is 13.0. The van der Waals surface area contributed by atoms with Gasteiger partial charge in [-0.25, -0.2) is 0 Å². The van der Waals surface area contributed by atoms with E-state index in [4.69, 9.17) is 5.41 Å². The average molecular weight is 188 g/mol. The van der Waals surface area contributed by atoms with Crippen molar-refractivity contribution >= 4 is 24.6 Å². The van der Waals surface area contributed by atoms with Gasteiger partial charge in [-0.05, 0) is 19.8 Å². The van der Waals surface area contributed by atoms with E-state index in [1.807, 2.05) is 6.08 Å². The van der Waals surface area contributed by atoms with Crippen LogP contribution in [0.15, 0.2) is 12.2 Å². The van der Waals surface area contributed by atoms with Gasteiger partial charge in [-0.15, -0.1) is 0 Å². The van der Waals surface area contributed by atoms with E-state index >= 15 is 0 Å². The van der Waals surface area contributed by atoms with E-state index in [0.29, 0.717) is 0 Å². The molecule has 1 N–H and O–H groups in total. The predicted molar refractivity (Wildman–Crippen MR) is 67.4 cm³/mol. The van der Waals surface area contributed by atoms with E-state index in [0.717, 1.165) is 18.6 Å². The fraction of sp³-hybridized carbons (Fsp3) is 0.667. The molecule has 0 aromatic heterocycles. The molecule has 0 fully saturated rings. The van der Waals surface area contributed by atoms with Gasteiger partial charge in [0.2, 0.25) is 0 Å². The van der Waals surface area contributed by atoms with E-state index in [1.54, 1.807) is 6.08 Å². The van der Waals surface area contributed by atoms with Crippen molar-refractivity contribution in [2.45, 2.75) is 51.9 Å². The molecule has 1 radical (unpaired) electrons. The van der Waals surface area contributed by atoms with Crippen LogP contribution >= 0.6 is 0 Å².